The summed E-state index contributed by atoms with van der Waals surface area (Å²) in [5, 5.41) is 5.07. The Balaban J connectivity index is 2.56. The normalized spacial score (nSPS) is 24.1. The lowest BCUT2D eigenvalue weighted by Crippen LogP contribution is -2.63. The number of hydrogen-bond donors (Lipinski definition) is 3. The van der Waals surface area contributed by atoms with Crippen LogP contribution in [0.3, 0.4) is 0 Å². The van der Waals surface area contributed by atoms with Crippen LogP contribution < -0.4 is 16.4 Å². The molecule has 4 N–H and O–H groups in total. The van der Waals surface area contributed by atoms with Gasteiger partial charge in [-0.3, -0.25) is 19.3 Å². The molecule has 108 valence electrons. The number of likely N-dealkylation sites (N-methyl/N-ethyl adjacent to an activating group) is 1. The third-order valence-electron chi connectivity index (χ3n) is 3.07. The van der Waals surface area contributed by atoms with E-state index in [2.05, 4.69) is 10.6 Å². The zero-order valence-electron chi connectivity index (χ0n) is 11.6. The van der Waals surface area contributed by atoms with Crippen LogP contribution in [0.2, 0.25) is 0 Å². The maximum atomic E-state index is 12.0. The molecule has 1 aliphatic heterocycles. The van der Waals surface area contributed by atoms with Crippen molar-refractivity contribution in [2.75, 3.05) is 20.1 Å². The Labute approximate surface area is 112 Å². The fourth-order valence-electron chi connectivity index (χ4n) is 2.11. The van der Waals surface area contributed by atoms with E-state index < -0.39 is 11.9 Å². The minimum absolute atomic E-state index is 0.151. The van der Waals surface area contributed by atoms with Crippen LogP contribution in [0.5, 0.6) is 0 Å². The van der Waals surface area contributed by atoms with Gasteiger partial charge in [0.1, 0.15) is 6.04 Å². The van der Waals surface area contributed by atoms with E-state index in [-0.39, 0.29) is 24.4 Å². The van der Waals surface area contributed by atoms with Crippen molar-refractivity contribution < 1.29 is 14.4 Å². The SMILES string of the molecule is CC(C)C[C@H]1C(=O)N[C@@H](C(=O)NCC(N)=O)CN1C. The van der Waals surface area contributed by atoms with Crippen LogP contribution in [0, 0.1) is 5.92 Å². The first kappa shape index (κ1) is 15.4. The monoisotopic (exact) mass is 270 g/mol. The molecule has 0 aliphatic carbocycles. The van der Waals surface area contributed by atoms with E-state index in [9.17, 15) is 14.4 Å². The van der Waals surface area contributed by atoms with Gasteiger partial charge in [-0.05, 0) is 19.4 Å². The molecule has 0 spiro atoms. The molecule has 0 aromatic rings. The van der Waals surface area contributed by atoms with Gasteiger partial charge in [0.05, 0.1) is 12.6 Å². The third-order valence-corrected chi connectivity index (χ3v) is 3.07. The topological polar surface area (TPSA) is 105 Å². The first-order valence-electron chi connectivity index (χ1n) is 6.38. The highest BCUT2D eigenvalue weighted by Crippen LogP contribution is 2.14. The van der Waals surface area contributed by atoms with Crippen LogP contribution in [0.15, 0.2) is 0 Å². The zero-order chi connectivity index (χ0) is 14.6. The van der Waals surface area contributed by atoms with Crippen molar-refractivity contribution in [3.05, 3.63) is 0 Å². The van der Waals surface area contributed by atoms with Crippen LogP contribution in [0.25, 0.3) is 0 Å². The number of amides is 3. The van der Waals surface area contributed by atoms with Crippen LogP contribution in [0.1, 0.15) is 20.3 Å². The summed E-state index contributed by atoms with van der Waals surface area (Å²) in [6, 6.07) is -0.847. The van der Waals surface area contributed by atoms with E-state index in [0.29, 0.717) is 12.5 Å². The molecule has 1 saturated heterocycles. The minimum atomic E-state index is -0.639. The molecular weight excluding hydrogens is 248 g/mol. The Morgan fingerprint density at radius 2 is 2.16 bits per heavy atom. The van der Waals surface area contributed by atoms with Gasteiger partial charge in [0.25, 0.3) is 0 Å². The molecule has 19 heavy (non-hydrogen) atoms. The summed E-state index contributed by atoms with van der Waals surface area (Å²) >= 11 is 0. The molecular formula is C12H22N4O3. The maximum Gasteiger partial charge on any atom is 0.244 e. The van der Waals surface area contributed by atoms with Crippen LogP contribution >= 0.6 is 0 Å². The fourth-order valence-corrected chi connectivity index (χ4v) is 2.11. The first-order chi connectivity index (χ1) is 8.81. The van der Waals surface area contributed by atoms with Crippen LogP contribution in [-0.4, -0.2) is 54.8 Å². The second kappa shape index (κ2) is 6.51. The lowest BCUT2D eigenvalue weighted by Gasteiger charge is -2.37. The smallest absolute Gasteiger partial charge is 0.244 e. The van der Waals surface area contributed by atoms with Gasteiger partial charge in [-0.25, -0.2) is 0 Å². The van der Waals surface area contributed by atoms with Crippen LogP contribution in [-0.2, 0) is 14.4 Å². The molecule has 0 radical (unpaired) electrons. The molecule has 0 saturated carbocycles. The summed E-state index contributed by atoms with van der Waals surface area (Å²) in [6.45, 7) is 4.30. The number of carbonyl (C=O) groups is 3. The lowest BCUT2D eigenvalue weighted by molar-refractivity contribution is -0.137. The number of piperazine rings is 1. The van der Waals surface area contributed by atoms with E-state index in [0.717, 1.165) is 6.42 Å². The third kappa shape index (κ3) is 4.51. The molecule has 3 amide bonds. The molecule has 0 aromatic heterocycles. The molecule has 0 unspecified atom stereocenters. The average molecular weight is 270 g/mol. The maximum absolute atomic E-state index is 12.0. The quantitative estimate of drug-likeness (QED) is 0.561. The van der Waals surface area contributed by atoms with Gasteiger partial charge in [-0.2, -0.15) is 0 Å². The lowest BCUT2D eigenvalue weighted by atomic mass is 9.98. The summed E-state index contributed by atoms with van der Waals surface area (Å²) in [5.74, 6) is -0.747. The van der Waals surface area contributed by atoms with Crippen molar-refractivity contribution in [2.45, 2.75) is 32.4 Å². The second-order valence-electron chi connectivity index (χ2n) is 5.33. The second-order valence-corrected chi connectivity index (χ2v) is 5.33. The molecule has 0 aromatic carbocycles. The Kier molecular flexibility index (Phi) is 5.29. The zero-order valence-corrected chi connectivity index (χ0v) is 11.6. The van der Waals surface area contributed by atoms with Crippen molar-refractivity contribution >= 4 is 17.7 Å². The summed E-state index contributed by atoms with van der Waals surface area (Å²) < 4.78 is 0. The van der Waals surface area contributed by atoms with Crippen molar-refractivity contribution in [2.24, 2.45) is 11.7 Å². The molecule has 1 fully saturated rings. The van der Waals surface area contributed by atoms with Crippen molar-refractivity contribution in [3.63, 3.8) is 0 Å². The van der Waals surface area contributed by atoms with Gasteiger partial charge in [-0.15, -0.1) is 0 Å². The first-order valence-corrected chi connectivity index (χ1v) is 6.38. The van der Waals surface area contributed by atoms with Gasteiger partial charge < -0.3 is 16.4 Å². The summed E-state index contributed by atoms with van der Waals surface area (Å²) in [4.78, 5) is 36.2. The molecule has 1 rings (SSSR count). The number of rotatable bonds is 5. The Morgan fingerprint density at radius 1 is 1.53 bits per heavy atom. The highest BCUT2D eigenvalue weighted by molar-refractivity contribution is 5.92. The number of nitrogens with zero attached hydrogens (tertiary/aromatic N) is 1. The summed E-state index contributed by atoms with van der Waals surface area (Å²) in [7, 11) is 1.82. The highest BCUT2D eigenvalue weighted by Gasteiger charge is 2.35. The fraction of sp³-hybridized carbons (Fsp3) is 0.750. The van der Waals surface area contributed by atoms with Gasteiger partial charge in [0, 0.05) is 6.54 Å². The molecule has 1 aliphatic rings. The van der Waals surface area contributed by atoms with Crippen molar-refractivity contribution in [1.29, 1.82) is 0 Å². The number of carbonyl (C=O) groups excluding carboxylic acids is 3. The molecule has 1 heterocycles. The van der Waals surface area contributed by atoms with E-state index in [1.165, 1.54) is 0 Å². The minimum Gasteiger partial charge on any atom is -0.368 e. The Morgan fingerprint density at radius 3 is 2.63 bits per heavy atom. The van der Waals surface area contributed by atoms with Gasteiger partial charge >= 0.3 is 0 Å². The molecule has 0 bridgehead atoms. The standard InChI is InChI=1S/C12H22N4O3/c1-7(2)4-9-12(19)15-8(6-16(9)3)11(18)14-5-10(13)17/h7-9H,4-6H2,1-3H3,(H2,13,17)(H,14,18)(H,15,19)/t8-,9+/m1/s1. The molecule has 2 atom stereocenters. The molecule has 7 heteroatoms. The highest BCUT2D eigenvalue weighted by atomic mass is 16.2. The number of hydrogen-bond acceptors (Lipinski definition) is 4. The number of primary amides is 1. The van der Waals surface area contributed by atoms with Crippen molar-refractivity contribution in [3.8, 4) is 0 Å². The summed E-state index contributed by atoms with van der Waals surface area (Å²) in [6.07, 6.45) is 0.748. The number of nitrogens with two attached hydrogens (primary N) is 1. The van der Waals surface area contributed by atoms with E-state index >= 15 is 0 Å². The average Bonchev–Trinajstić information content (AvgIpc) is 2.30. The molecule has 7 nitrogen and oxygen atoms in total. The largest absolute Gasteiger partial charge is 0.368 e. The predicted molar refractivity (Wildman–Crippen MR) is 70.0 cm³/mol. The summed E-state index contributed by atoms with van der Waals surface area (Å²) in [5.41, 5.74) is 4.95. The van der Waals surface area contributed by atoms with E-state index in [4.69, 9.17) is 5.73 Å². The van der Waals surface area contributed by atoms with Crippen LogP contribution in [0.4, 0.5) is 0 Å². The Bertz CT molecular complexity index is 370. The van der Waals surface area contributed by atoms with Gasteiger partial charge in [0.2, 0.25) is 17.7 Å². The van der Waals surface area contributed by atoms with Crippen molar-refractivity contribution in [1.82, 2.24) is 15.5 Å². The van der Waals surface area contributed by atoms with E-state index in [1.807, 2.05) is 25.8 Å². The predicted octanol–water partition coefficient (Wildman–Crippen LogP) is -1.57. The van der Waals surface area contributed by atoms with Gasteiger partial charge in [-0.1, -0.05) is 13.8 Å². The Hall–Kier alpha value is -1.63. The van der Waals surface area contributed by atoms with E-state index in [1.54, 1.807) is 0 Å². The number of nitrogens with one attached hydrogen (secondary N) is 2. The van der Waals surface area contributed by atoms with Gasteiger partial charge in [0.15, 0.2) is 0 Å².